The molecule has 2 aromatic carbocycles. The molecule has 0 heterocycles. The largest absolute Gasteiger partial charge is 0.387 e. The first kappa shape index (κ1) is 16.1. The lowest BCUT2D eigenvalue weighted by atomic mass is 10.1. The normalized spacial score (nSPS) is 12.2. The van der Waals surface area contributed by atoms with Crippen molar-refractivity contribution in [2.45, 2.75) is 12.6 Å². The second-order valence-corrected chi connectivity index (χ2v) is 5.16. The number of rotatable bonds is 5. The van der Waals surface area contributed by atoms with Gasteiger partial charge in [0.05, 0.1) is 23.3 Å². The average Bonchev–Trinajstić information content (AvgIpc) is 2.47. The predicted molar refractivity (Wildman–Crippen MR) is 78.8 cm³/mol. The second-order valence-electron chi connectivity index (χ2n) is 5.16. The zero-order chi connectivity index (χ0) is 16.1. The third kappa shape index (κ3) is 3.88. The van der Waals surface area contributed by atoms with Gasteiger partial charge in [0.2, 0.25) is 0 Å². The van der Waals surface area contributed by atoms with Crippen molar-refractivity contribution in [1.82, 2.24) is 4.90 Å². The maximum absolute atomic E-state index is 13.6. The first-order chi connectivity index (χ1) is 10.5. The molecule has 1 atom stereocenters. The first-order valence-electron chi connectivity index (χ1n) is 6.81. The van der Waals surface area contributed by atoms with Gasteiger partial charge in [-0.25, -0.2) is 8.78 Å². The fourth-order valence-electron chi connectivity index (χ4n) is 2.33. The van der Waals surface area contributed by atoms with E-state index in [1.54, 1.807) is 30.1 Å². The smallest absolute Gasteiger partial charge is 0.131 e. The monoisotopic (exact) mass is 302 g/mol. The van der Waals surface area contributed by atoms with E-state index in [9.17, 15) is 13.9 Å². The van der Waals surface area contributed by atoms with E-state index < -0.39 is 17.7 Å². The molecular formula is C17H16F2N2O. The molecule has 3 nitrogen and oxygen atoms in total. The molecule has 114 valence electrons. The molecule has 0 spiro atoms. The van der Waals surface area contributed by atoms with Crippen LogP contribution < -0.4 is 0 Å². The van der Waals surface area contributed by atoms with Crippen LogP contribution in [0, 0.1) is 23.0 Å². The minimum absolute atomic E-state index is 0.0780. The number of hydrogen-bond acceptors (Lipinski definition) is 3. The van der Waals surface area contributed by atoms with Gasteiger partial charge in [0.15, 0.2) is 0 Å². The van der Waals surface area contributed by atoms with Crippen LogP contribution in [0.4, 0.5) is 8.78 Å². The van der Waals surface area contributed by atoms with Crippen LogP contribution in [0.2, 0.25) is 0 Å². The third-order valence-corrected chi connectivity index (χ3v) is 3.33. The second kappa shape index (κ2) is 7.12. The zero-order valence-electron chi connectivity index (χ0n) is 12.1. The molecule has 2 rings (SSSR count). The number of nitriles is 1. The molecule has 0 aromatic heterocycles. The van der Waals surface area contributed by atoms with E-state index in [1.807, 2.05) is 6.07 Å². The lowest BCUT2D eigenvalue weighted by Gasteiger charge is -2.21. The van der Waals surface area contributed by atoms with Gasteiger partial charge in [-0.15, -0.1) is 0 Å². The van der Waals surface area contributed by atoms with E-state index in [0.717, 1.165) is 17.7 Å². The number of benzene rings is 2. The minimum Gasteiger partial charge on any atom is -0.387 e. The third-order valence-electron chi connectivity index (χ3n) is 3.33. The molecule has 0 aliphatic rings. The maximum Gasteiger partial charge on any atom is 0.131 e. The Kier molecular flexibility index (Phi) is 5.21. The Labute approximate surface area is 128 Å². The summed E-state index contributed by atoms with van der Waals surface area (Å²) in [7, 11) is 1.74. The molecule has 0 amide bonds. The molecule has 0 radical (unpaired) electrons. The van der Waals surface area contributed by atoms with E-state index >= 15 is 0 Å². The molecule has 5 heteroatoms. The van der Waals surface area contributed by atoms with Crippen LogP contribution in [-0.4, -0.2) is 23.6 Å². The number of hydrogen-bond donors (Lipinski definition) is 1. The van der Waals surface area contributed by atoms with E-state index in [4.69, 9.17) is 5.26 Å². The summed E-state index contributed by atoms with van der Waals surface area (Å²) in [6, 6.07) is 12.6. The Hall–Kier alpha value is -2.29. The fourth-order valence-corrected chi connectivity index (χ4v) is 2.33. The molecule has 0 fully saturated rings. The van der Waals surface area contributed by atoms with Crippen molar-refractivity contribution in [1.29, 1.82) is 5.26 Å². The highest BCUT2D eigenvalue weighted by Crippen LogP contribution is 2.21. The Morgan fingerprint density at radius 2 is 1.82 bits per heavy atom. The zero-order valence-corrected chi connectivity index (χ0v) is 12.1. The summed E-state index contributed by atoms with van der Waals surface area (Å²) in [4.78, 5) is 1.74. The van der Waals surface area contributed by atoms with Gasteiger partial charge in [-0.2, -0.15) is 5.26 Å². The van der Waals surface area contributed by atoms with E-state index in [2.05, 4.69) is 6.07 Å². The highest BCUT2D eigenvalue weighted by Gasteiger charge is 2.19. The van der Waals surface area contributed by atoms with E-state index in [-0.39, 0.29) is 12.1 Å². The lowest BCUT2D eigenvalue weighted by molar-refractivity contribution is 0.117. The van der Waals surface area contributed by atoms with Gasteiger partial charge in [0, 0.05) is 13.1 Å². The fraction of sp³-hybridized carbons (Fsp3) is 0.235. The molecule has 0 aliphatic carbocycles. The maximum atomic E-state index is 13.6. The van der Waals surface area contributed by atoms with Gasteiger partial charge in [0.25, 0.3) is 0 Å². The Bertz CT molecular complexity index is 677. The topological polar surface area (TPSA) is 47.3 Å². The molecular weight excluding hydrogens is 286 g/mol. The van der Waals surface area contributed by atoms with E-state index in [1.165, 1.54) is 6.07 Å². The average molecular weight is 302 g/mol. The Balaban J connectivity index is 2.05. The number of likely N-dealkylation sites (N-methyl/N-ethyl adjacent to an activating group) is 1. The highest BCUT2D eigenvalue weighted by molar-refractivity contribution is 5.32. The molecule has 0 unspecified atom stereocenters. The van der Waals surface area contributed by atoms with Crippen LogP contribution in [0.3, 0.4) is 0 Å². The summed E-state index contributed by atoms with van der Waals surface area (Å²) in [5, 5.41) is 18.9. The SMILES string of the molecule is CN(Cc1cccc(C#N)c1)C[C@@H](O)c1c(F)cccc1F. The van der Waals surface area contributed by atoms with Crippen LogP contribution in [0.5, 0.6) is 0 Å². The summed E-state index contributed by atoms with van der Waals surface area (Å²) < 4.78 is 27.2. The van der Waals surface area contributed by atoms with Crippen molar-refractivity contribution in [3.63, 3.8) is 0 Å². The van der Waals surface area contributed by atoms with Crippen LogP contribution in [0.15, 0.2) is 42.5 Å². The van der Waals surface area contributed by atoms with Crippen LogP contribution in [0.1, 0.15) is 22.8 Å². The number of aliphatic hydroxyl groups is 1. The standard InChI is InChI=1S/C17H16F2N2O/c1-21(10-13-5-2-4-12(8-13)9-20)11-16(22)17-14(18)6-3-7-15(17)19/h2-8,16,22H,10-11H2,1H3/t16-/m1/s1. The molecule has 2 aromatic rings. The van der Waals surface area contributed by atoms with Gasteiger partial charge >= 0.3 is 0 Å². The van der Waals surface area contributed by atoms with Crippen molar-refractivity contribution >= 4 is 0 Å². The first-order valence-corrected chi connectivity index (χ1v) is 6.81. The van der Waals surface area contributed by atoms with Crippen molar-refractivity contribution in [2.24, 2.45) is 0 Å². The number of nitrogens with zero attached hydrogens (tertiary/aromatic N) is 2. The summed E-state index contributed by atoms with van der Waals surface area (Å²) in [5.74, 6) is -1.51. The van der Waals surface area contributed by atoms with Crippen molar-refractivity contribution < 1.29 is 13.9 Å². The number of aliphatic hydroxyl groups excluding tert-OH is 1. The van der Waals surface area contributed by atoms with Crippen molar-refractivity contribution in [3.8, 4) is 6.07 Å². The molecule has 0 saturated carbocycles. The molecule has 0 aliphatic heterocycles. The molecule has 1 N–H and O–H groups in total. The van der Waals surface area contributed by atoms with Crippen LogP contribution in [0.25, 0.3) is 0 Å². The van der Waals surface area contributed by atoms with Crippen LogP contribution in [-0.2, 0) is 6.54 Å². The molecule has 0 bridgehead atoms. The quantitative estimate of drug-likeness (QED) is 0.923. The Morgan fingerprint density at radius 3 is 2.45 bits per heavy atom. The summed E-state index contributed by atoms with van der Waals surface area (Å²) in [6.45, 7) is 0.539. The van der Waals surface area contributed by atoms with Gasteiger partial charge < -0.3 is 5.11 Å². The number of halogens is 2. The van der Waals surface area contributed by atoms with Crippen molar-refractivity contribution in [2.75, 3.05) is 13.6 Å². The Morgan fingerprint density at radius 1 is 1.18 bits per heavy atom. The van der Waals surface area contributed by atoms with Gasteiger partial charge in [0.1, 0.15) is 11.6 Å². The summed E-state index contributed by atoms with van der Waals surface area (Å²) in [6.07, 6.45) is -1.26. The lowest BCUT2D eigenvalue weighted by Crippen LogP contribution is -2.25. The summed E-state index contributed by atoms with van der Waals surface area (Å²) in [5.41, 5.74) is 1.12. The van der Waals surface area contributed by atoms with Crippen LogP contribution >= 0.6 is 0 Å². The molecule has 22 heavy (non-hydrogen) atoms. The van der Waals surface area contributed by atoms with Gasteiger partial charge in [-0.3, -0.25) is 4.90 Å². The van der Waals surface area contributed by atoms with Gasteiger partial charge in [-0.1, -0.05) is 18.2 Å². The summed E-state index contributed by atoms with van der Waals surface area (Å²) >= 11 is 0. The highest BCUT2D eigenvalue weighted by atomic mass is 19.1. The van der Waals surface area contributed by atoms with E-state index in [0.29, 0.717) is 12.1 Å². The predicted octanol–water partition coefficient (Wildman–Crippen LogP) is 3.00. The van der Waals surface area contributed by atoms with Gasteiger partial charge in [-0.05, 0) is 36.9 Å². The molecule has 0 saturated heterocycles. The van der Waals surface area contributed by atoms with Crippen molar-refractivity contribution in [3.05, 3.63) is 70.8 Å². The minimum atomic E-state index is -1.26.